The molecule has 20 rings (SSSR count). The van der Waals surface area contributed by atoms with Crippen LogP contribution in [0.25, 0.3) is 156 Å². The molecule has 0 N–H and O–H groups in total. The number of rotatable bonds is 14. The Balaban J connectivity index is 0.000000118. The van der Waals surface area contributed by atoms with Gasteiger partial charge in [-0.05, 0) is 240 Å². The van der Waals surface area contributed by atoms with E-state index in [2.05, 4.69) is 545 Å². The molecule has 0 heteroatoms. The molecule has 0 radical (unpaired) electrons. The third kappa shape index (κ3) is 24.0. The summed E-state index contributed by atoms with van der Waals surface area (Å²) in [6.45, 7) is 12.8. The first-order valence-corrected chi connectivity index (χ1v) is 43.5. The highest BCUT2D eigenvalue weighted by Crippen LogP contribution is 2.37. The first-order valence-electron chi connectivity index (χ1n) is 43.5. The van der Waals surface area contributed by atoms with Crippen LogP contribution in [0.2, 0.25) is 0 Å². The van der Waals surface area contributed by atoms with Crippen LogP contribution in [0.3, 0.4) is 0 Å². The van der Waals surface area contributed by atoms with E-state index in [4.69, 9.17) is 0 Å². The molecule has 0 aromatic heterocycles. The van der Waals surface area contributed by atoms with Gasteiger partial charge in [-0.2, -0.15) is 0 Å². The molecular weight excluding hydrogens is 1510 g/mol. The molecule has 0 saturated heterocycles. The summed E-state index contributed by atoms with van der Waals surface area (Å²) in [6.07, 6.45) is 0. The summed E-state index contributed by atoms with van der Waals surface area (Å²) in [4.78, 5) is 0. The van der Waals surface area contributed by atoms with Crippen molar-refractivity contribution in [3.8, 4) is 156 Å². The van der Waals surface area contributed by atoms with Crippen LogP contribution < -0.4 is 0 Å². The first kappa shape index (κ1) is 85.4. The topological polar surface area (TPSA) is 0 Å². The maximum absolute atomic E-state index is 2.29. The fourth-order valence-electron chi connectivity index (χ4n) is 15.6. The Morgan fingerprint density at radius 1 is 0.0714 bits per heavy atom. The molecule has 0 saturated carbocycles. The lowest BCUT2D eigenvalue weighted by molar-refractivity contribution is 1.46. The number of aryl methyl sites for hydroxylation is 6. The van der Waals surface area contributed by atoms with E-state index in [1.165, 1.54) is 189 Å². The number of benzene rings is 20. The van der Waals surface area contributed by atoms with Gasteiger partial charge in [-0.3, -0.25) is 0 Å². The van der Waals surface area contributed by atoms with E-state index in [0.29, 0.717) is 0 Å². The second-order valence-electron chi connectivity index (χ2n) is 32.1. The van der Waals surface area contributed by atoms with Crippen molar-refractivity contribution in [3.63, 3.8) is 0 Å². The zero-order valence-electron chi connectivity index (χ0n) is 72.7. The number of hydrogen-bond donors (Lipinski definition) is 0. The average molecular weight is 1620 g/mol. The summed E-state index contributed by atoms with van der Waals surface area (Å²) in [6, 6.07) is 185. The van der Waals surface area contributed by atoms with E-state index < -0.39 is 0 Å². The van der Waals surface area contributed by atoms with Gasteiger partial charge in [0.1, 0.15) is 0 Å². The zero-order chi connectivity index (χ0) is 86.4. The second-order valence-corrected chi connectivity index (χ2v) is 32.1. The molecule has 0 aliphatic rings. The molecule has 0 amide bonds. The predicted molar refractivity (Wildman–Crippen MR) is 543 cm³/mol. The lowest BCUT2D eigenvalue weighted by Gasteiger charge is -2.11. The zero-order valence-corrected chi connectivity index (χ0v) is 72.7. The quantitative estimate of drug-likeness (QED) is 0.102. The second kappa shape index (κ2) is 43.3. The minimum absolute atomic E-state index is 1.24. The van der Waals surface area contributed by atoms with Crippen molar-refractivity contribution in [3.05, 3.63) is 555 Å². The fourth-order valence-corrected chi connectivity index (χ4v) is 15.6. The smallest absolute Gasteiger partial charge is 0.0172 e. The van der Waals surface area contributed by atoms with Gasteiger partial charge in [0.25, 0.3) is 0 Å². The van der Waals surface area contributed by atoms with Crippen LogP contribution in [-0.4, -0.2) is 0 Å². The Bertz CT molecular complexity index is 6740. The maximum atomic E-state index is 2.29. The molecule has 0 aliphatic heterocycles. The predicted octanol–water partition coefficient (Wildman–Crippen LogP) is 35.3. The van der Waals surface area contributed by atoms with Crippen molar-refractivity contribution >= 4 is 0 Å². The molecule has 0 nitrogen and oxygen atoms in total. The number of hydrogen-bond acceptors (Lipinski definition) is 0. The lowest BCUT2D eigenvalue weighted by atomic mass is 9.93. The third-order valence-electron chi connectivity index (χ3n) is 22.4. The van der Waals surface area contributed by atoms with Gasteiger partial charge in [0.15, 0.2) is 0 Å². The van der Waals surface area contributed by atoms with Crippen LogP contribution in [-0.2, 0) is 0 Å². The molecule has 0 aliphatic carbocycles. The Hall–Kier alpha value is -15.6. The molecule has 0 fully saturated rings. The molecule has 0 heterocycles. The normalized spacial score (nSPS) is 10.5. The minimum atomic E-state index is 1.24. The van der Waals surface area contributed by atoms with Crippen LogP contribution in [0, 0.1) is 41.5 Å². The van der Waals surface area contributed by atoms with Gasteiger partial charge in [0, 0.05) is 0 Å². The SMILES string of the molecule is Cc1ccc(-c2cccc(-c3cccc(-c4ccccc4)c3)c2)cc1.Cc1cccc(-c2cc(-c3ccccc3)cc(-c3ccccc3)c2)c1.Cc1cccc(-c2ccc(-c3ccccc3)cc2)c1.Cc1cccc(-c2cccc(-c3ccc(-c4ccccc4)cc3)c2)c1.Cc1cccc(-c2cccc(-c3ccccc3)c2)c1.Cc1cccc(-c2ccccc2)c1. The summed E-state index contributed by atoms with van der Waals surface area (Å²) in [5.41, 5.74) is 43.0. The van der Waals surface area contributed by atoms with Gasteiger partial charge in [0.2, 0.25) is 0 Å². The van der Waals surface area contributed by atoms with Crippen molar-refractivity contribution in [2.45, 2.75) is 41.5 Å². The van der Waals surface area contributed by atoms with E-state index in [-0.39, 0.29) is 0 Å². The van der Waals surface area contributed by atoms with Crippen molar-refractivity contribution in [1.82, 2.24) is 0 Å². The molecule has 20 aromatic rings. The van der Waals surface area contributed by atoms with Crippen molar-refractivity contribution in [2.24, 2.45) is 0 Å². The Morgan fingerprint density at radius 2 is 0.183 bits per heavy atom. The Morgan fingerprint density at radius 3 is 0.389 bits per heavy atom. The maximum Gasteiger partial charge on any atom is -0.0172 e. The van der Waals surface area contributed by atoms with Crippen molar-refractivity contribution in [2.75, 3.05) is 0 Å². The van der Waals surface area contributed by atoms with E-state index >= 15 is 0 Å². The Kier molecular flexibility index (Phi) is 29.3. The van der Waals surface area contributed by atoms with Gasteiger partial charge in [-0.1, -0.05) is 513 Å². The van der Waals surface area contributed by atoms with Crippen molar-refractivity contribution < 1.29 is 0 Å². The summed E-state index contributed by atoms with van der Waals surface area (Å²) >= 11 is 0. The molecule has 0 unspecified atom stereocenters. The largest absolute Gasteiger partial charge is 0.0622 e. The van der Waals surface area contributed by atoms with Gasteiger partial charge in [0.05, 0.1) is 0 Å². The highest BCUT2D eigenvalue weighted by molar-refractivity contribution is 5.83. The first-order chi connectivity index (χ1) is 61.9. The third-order valence-corrected chi connectivity index (χ3v) is 22.4. The standard InChI is InChI=1S/3C25H20.2C19H16.C13H12/c1-19-9-8-14-22(15-19)25-17-23(20-10-4-2-5-11-20)16-24(18-25)21-12-6-3-7-13-21;1-19-7-5-10-23(17-19)25-12-6-11-24(18-25)22-15-13-21(14-16-22)20-8-3-2-4-9-20;1-19-13-15-21(16-14-19)23-10-6-12-25(18-23)24-11-5-9-22(17-24)20-7-3-2-4-8-20;1-15-7-5-10-17(13-15)19-12-6-11-18(14-19)16-8-3-2-4-9-16;1-15-6-5-9-19(14-15)18-12-10-17(11-13-18)16-7-3-2-4-8-16;1-11-6-5-9-13(10-11)12-7-3-2-4-8-12/h3*2-18H,1H3;2*2-14H,1H3;2-10H,1H3. The van der Waals surface area contributed by atoms with Gasteiger partial charge < -0.3 is 0 Å². The lowest BCUT2D eigenvalue weighted by Crippen LogP contribution is -1.86. The highest BCUT2D eigenvalue weighted by atomic mass is 14.2. The van der Waals surface area contributed by atoms with E-state index in [9.17, 15) is 0 Å². The molecule has 0 spiro atoms. The molecule has 608 valence electrons. The molecule has 126 heavy (non-hydrogen) atoms. The molecule has 0 atom stereocenters. The molecule has 20 aromatic carbocycles. The monoisotopic (exact) mass is 1620 g/mol. The van der Waals surface area contributed by atoms with Crippen LogP contribution in [0.15, 0.2) is 522 Å². The van der Waals surface area contributed by atoms with Crippen molar-refractivity contribution in [1.29, 1.82) is 0 Å². The van der Waals surface area contributed by atoms with Crippen LogP contribution >= 0.6 is 0 Å². The van der Waals surface area contributed by atoms with E-state index in [1.54, 1.807) is 0 Å². The van der Waals surface area contributed by atoms with E-state index in [1.807, 2.05) is 18.2 Å². The Labute approximate surface area is 747 Å². The highest BCUT2D eigenvalue weighted by Gasteiger charge is 2.12. The van der Waals surface area contributed by atoms with Gasteiger partial charge in [-0.25, -0.2) is 0 Å². The van der Waals surface area contributed by atoms with Crippen LogP contribution in [0.1, 0.15) is 33.4 Å². The summed E-state index contributed by atoms with van der Waals surface area (Å²) in [7, 11) is 0. The fraction of sp³-hybridized carbons (Fsp3) is 0.0476. The molecular formula is C126H104. The van der Waals surface area contributed by atoms with E-state index in [0.717, 1.165) is 0 Å². The van der Waals surface area contributed by atoms with Crippen LogP contribution in [0.5, 0.6) is 0 Å². The summed E-state index contributed by atoms with van der Waals surface area (Å²) < 4.78 is 0. The summed E-state index contributed by atoms with van der Waals surface area (Å²) in [5, 5.41) is 0. The van der Waals surface area contributed by atoms with Crippen LogP contribution in [0.4, 0.5) is 0 Å². The molecule has 0 bridgehead atoms. The minimum Gasteiger partial charge on any atom is -0.0622 e. The average Bonchev–Trinajstić information content (AvgIpc) is 0.806. The summed E-state index contributed by atoms with van der Waals surface area (Å²) in [5.74, 6) is 0. The van der Waals surface area contributed by atoms with Gasteiger partial charge >= 0.3 is 0 Å². The van der Waals surface area contributed by atoms with Gasteiger partial charge in [-0.15, -0.1) is 0 Å².